The maximum atomic E-state index is 11.0. The summed E-state index contributed by atoms with van der Waals surface area (Å²) >= 11 is 2.12. The summed E-state index contributed by atoms with van der Waals surface area (Å²) in [5.74, 6) is -0.126. The summed E-state index contributed by atoms with van der Waals surface area (Å²) in [5, 5.41) is 14.4. The highest BCUT2D eigenvalue weighted by Crippen LogP contribution is 2.38. The first-order valence-corrected chi connectivity index (χ1v) is 11.1. The van der Waals surface area contributed by atoms with Gasteiger partial charge < -0.3 is 9.53 Å². The fraction of sp³-hybridized carbons (Fsp3) is 0.467. The van der Waals surface area contributed by atoms with Crippen molar-refractivity contribution in [3.8, 4) is 5.75 Å². The van der Waals surface area contributed by atoms with Gasteiger partial charge in [-0.3, -0.25) is 9.48 Å². The van der Waals surface area contributed by atoms with Crippen LogP contribution in [0.2, 0.25) is 18.1 Å². The molecule has 0 aliphatic rings. The zero-order valence-corrected chi connectivity index (χ0v) is 16.6. The average molecular weight is 432 g/mol. The number of hydrogen-bond acceptors (Lipinski definition) is 3. The maximum Gasteiger partial charge on any atom is 0.325 e. The molecule has 5 nitrogen and oxygen atoms in total. The number of rotatable bonds is 4. The molecule has 1 aromatic heterocycles. The molecule has 0 radical (unpaired) electrons. The summed E-state index contributed by atoms with van der Waals surface area (Å²) in [6, 6.07) is 5.79. The highest BCUT2D eigenvalue weighted by Gasteiger charge is 2.39. The van der Waals surface area contributed by atoms with Crippen LogP contribution in [-0.2, 0) is 11.3 Å². The van der Waals surface area contributed by atoms with Crippen molar-refractivity contribution in [1.82, 2.24) is 9.78 Å². The lowest BCUT2D eigenvalue weighted by Crippen LogP contribution is -2.43. The van der Waals surface area contributed by atoms with Gasteiger partial charge in [0.15, 0.2) is 0 Å². The second kappa shape index (κ2) is 5.84. The molecule has 0 saturated carbocycles. The van der Waals surface area contributed by atoms with Gasteiger partial charge in [0.25, 0.3) is 0 Å². The van der Waals surface area contributed by atoms with E-state index in [0.717, 1.165) is 20.4 Å². The number of carboxylic acids is 1. The van der Waals surface area contributed by atoms with E-state index in [-0.39, 0.29) is 11.6 Å². The van der Waals surface area contributed by atoms with Crippen molar-refractivity contribution >= 4 is 47.8 Å². The van der Waals surface area contributed by atoms with Crippen molar-refractivity contribution in [2.24, 2.45) is 0 Å². The van der Waals surface area contributed by atoms with Gasteiger partial charge in [0, 0.05) is 11.5 Å². The molecular weight excluding hydrogens is 411 g/mol. The highest BCUT2D eigenvalue weighted by atomic mass is 127. The van der Waals surface area contributed by atoms with Crippen molar-refractivity contribution in [2.75, 3.05) is 0 Å². The van der Waals surface area contributed by atoms with Gasteiger partial charge in [-0.2, -0.15) is 5.10 Å². The summed E-state index contributed by atoms with van der Waals surface area (Å²) in [4.78, 5) is 11.0. The Labute approximate surface area is 144 Å². The van der Waals surface area contributed by atoms with Crippen molar-refractivity contribution < 1.29 is 14.3 Å². The van der Waals surface area contributed by atoms with Crippen LogP contribution in [0.1, 0.15) is 20.8 Å². The number of halogens is 1. The molecule has 22 heavy (non-hydrogen) atoms. The van der Waals surface area contributed by atoms with Crippen LogP contribution >= 0.6 is 22.6 Å². The number of carbonyl (C=O) groups is 1. The molecule has 2 aromatic rings. The largest absolute Gasteiger partial charge is 0.543 e. The van der Waals surface area contributed by atoms with Crippen LogP contribution in [0.4, 0.5) is 0 Å². The first-order valence-electron chi connectivity index (χ1n) is 7.08. The number of aromatic nitrogens is 2. The second-order valence-electron chi connectivity index (χ2n) is 6.88. The van der Waals surface area contributed by atoms with E-state index in [1.807, 2.05) is 18.2 Å². The van der Waals surface area contributed by atoms with Gasteiger partial charge in [-0.05, 0) is 52.9 Å². The fourth-order valence-corrected chi connectivity index (χ4v) is 3.61. The summed E-state index contributed by atoms with van der Waals surface area (Å²) in [6.45, 7) is 10.8. The first kappa shape index (κ1) is 17.3. The Bertz CT molecular complexity index is 719. The monoisotopic (exact) mass is 432 g/mol. The van der Waals surface area contributed by atoms with Crippen LogP contribution in [0.5, 0.6) is 5.75 Å². The minimum Gasteiger partial charge on any atom is -0.543 e. The lowest BCUT2D eigenvalue weighted by molar-refractivity contribution is -0.137. The molecule has 1 N–H and O–H groups in total. The molecule has 0 aliphatic carbocycles. The zero-order chi connectivity index (χ0) is 16.7. The fourth-order valence-electron chi connectivity index (χ4n) is 1.87. The average Bonchev–Trinajstić information content (AvgIpc) is 2.63. The Balaban J connectivity index is 2.43. The highest BCUT2D eigenvalue weighted by molar-refractivity contribution is 14.1. The van der Waals surface area contributed by atoms with E-state index in [1.54, 1.807) is 0 Å². The van der Waals surface area contributed by atoms with Crippen molar-refractivity contribution in [3.05, 3.63) is 21.9 Å². The lowest BCUT2D eigenvalue weighted by atomic mass is 10.2. The molecular formula is C15H21IN2O3Si. The third kappa shape index (κ3) is 3.45. The SMILES string of the molecule is CC(C)(C)[Si](C)(C)Oc1ccc2c(I)nn(CC(=O)O)c2c1. The van der Waals surface area contributed by atoms with Gasteiger partial charge in [0.05, 0.1) is 5.52 Å². The molecule has 2 rings (SSSR count). The predicted octanol–water partition coefficient (Wildman–Crippen LogP) is 4.11. The molecule has 0 saturated heterocycles. The van der Waals surface area contributed by atoms with E-state index < -0.39 is 14.3 Å². The van der Waals surface area contributed by atoms with Crippen LogP contribution in [0.25, 0.3) is 10.9 Å². The van der Waals surface area contributed by atoms with Crippen LogP contribution in [0.15, 0.2) is 18.2 Å². The molecule has 0 amide bonds. The summed E-state index contributed by atoms with van der Waals surface area (Å²) in [7, 11) is -1.92. The topological polar surface area (TPSA) is 64.4 Å². The third-order valence-corrected chi connectivity index (χ3v) is 9.30. The molecule has 1 heterocycles. The molecule has 1 aromatic carbocycles. The summed E-state index contributed by atoms with van der Waals surface area (Å²) in [5.41, 5.74) is 0.794. The van der Waals surface area contributed by atoms with Gasteiger partial charge in [0.1, 0.15) is 16.0 Å². The number of nitrogens with zero attached hydrogens (tertiary/aromatic N) is 2. The van der Waals surface area contributed by atoms with Gasteiger partial charge in [-0.15, -0.1) is 0 Å². The number of benzene rings is 1. The van der Waals surface area contributed by atoms with Gasteiger partial charge in [-0.1, -0.05) is 20.8 Å². The van der Waals surface area contributed by atoms with Gasteiger partial charge in [-0.25, -0.2) is 0 Å². The Morgan fingerprint density at radius 3 is 2.59 bits per heavy atom. The lowest BCUT2D eigenvalue weighted by Gasteiger charge is -2.36. The van der Waals surface area contributed by atoms with E-state index in [0.29, 0.717) is 0 Å². The summed E-state index contributed by atoms with van der Waals surface area (Å²) in [6.07, 6.45) is 0. The zero-order valence-electron chi connectivity index (χ0n) is 13.5. The van der Waals surface area contributed by atoms with E-state index >= 15 is 0 Å². The standard InChI is InChI=1S/C15H21IN2O3Si/c1-15(2,3)22(4,5)21-10-6-7-11-12(8-10)18(9-13(19)20)17-14(11)16/h6-8H,9H2,1-5H3,(H,19,20). The minimum atomic E-state index is -1.92. The quantitative estimate of drug-likeness (QED) is 0.584. The smallest absolute Gasteiger partial charge is 0.325 e. The minimum absolute atomic E-state index is 0.109. The molecule has 0 atom stereocenters. The van der Waals surface area contributed by atoms with Crippen LogP contribution in [-0.4, -0.2) is 29.2 Å². The predicted molar refractivity (Wildman–Crippen MR) is 97.9 cm³/mol. The third-order valence-electron chi connectivity index (χ3n) is 4.14. The number of aliphatic carboxylic acids is 1. The van der Waals surface area contributed by atoms with Crippen LogP contribution < -0.4 is 4.43 Å². The van der Waals surface area contributed by atoms with Crippen molar-refractivity contribution in [1.29, 1.82) is 0 Å². The van der Waals surface area contributed by atoms with Crippen LogP contribution in [0.3, 0.4) is 0 Å². The first-order chi connectivity index (χ1) is 10.0. The Hall–Kier alpha value is -1.09. The maximum absolute atomic E-state index is 11.0. The molecule has 0 unspecified atom stereocenters. The Morgan fingerprint density at radius 1 is 1.41 bits per heavy atom. The number of hydrogen-bond donors (Lipinski definition) is 1. The molecule has 7 heteroatoms. The van der Waals surface area contributed by atoms with Gasteiger partial charge >= 0.3 is 5.97 Å². The molecule has 0 fully saturated rings. The molecule has 0 aliphatic heterocycles. The molecule has 0 bridgehead atoms. The van der Waals surface area contributed by atoms with E-state index in [2.05, 4.69) is 61.6 Å². The van der Waals surface area contributed by atoms with E-state index in [1.165, 1.54) is 4.68 Å². The second-order valence-corrected chi connectivity index (χ2v) is 12.6. The van der Waals surface area contributed by atoms with E-state index in [9.17, 15) is 4.79 Å². The van der Waals surface area contributed by atoms with Crippen molar-refractivity contribution in [2.45, 2.75) is 45.4 Å². The molecule has 0 spiro atoms. The van der Waals surface area contributed by atoms with E-state index in [4.69, 9.17) is 9.53 Å². The van der Waals surface area contributed by atoms with Crippen molar-refractivity contribution in [3.63, 3.8) is 0 Å². The Kier molecular flexibility index (Phi) is 4.58. The number of carboxylic acid groups (broad SMARTS) is 1. The normalized spacial score (nSPS) is 12.6. The molecule has 120 valence electrons. The summed E-state index contributed by atoms with van der Waals surface area (Å²) < 4.78 is 8.60. The van der Waals surface area contributed by atoms with Gasteiger partial charge in [0.2, 0.25) is 8.32 Å². The van der Waals surface area contributed by atoms with Crippen LogP contribution in [0, 0.1) is 3.70 Å². The number of fused-ring (bicyclic) bond motifs is 1. The Morgan fingerprint density at radius 2 is 2.05 bits per heavy atom.